The lowest BCUT2D eigenvalue weighted by atomic mass is 9.84. The second-order valence-corrected chi connectivity index (χ2v) is 7.92. The van der Waals surface area contributed by atoms with Gasteiger partial charge in [0, 0.05) is 11.7 Å². The summed E-state index contributed by atoms with van der Waals surface area (Å²) in [7, 11) is -3.22. The quantitative estimate of drug-likeness (QED) is 0.871. The Kier molecular flexibility index (Phi) is 5.14. The lowest BCUT2D eigenvalue weighted by Gasteiger charge is -2.29. The summed E-state index contributed by atoms with van der Waals surface area (Å²) >= 11 is 0. The van der Waals surface area contributed by atoms with Crippen LogP contribution >= 0.6 is 0 Å². The second kappa shape index (κ2) is 6.69. The first-order valence-electron chi connectivity index (χ1n) is 7.72. The van der Waals surface area contributed by atoms with E-state index in [0.717, 1.165) is 17.2 Å². The van der Waals surface area contributed by atoms with Crippen LogP contribution < -0.4 is 10.0 Å². The van der Waals surface area contributed by atoms with Crippen molar-refractivity contribution in [2.24, 2.45) is 5.92 Å². The molecule has 1 aliphatic rings. The molecule has 0 radical (unpaired) electrons. The maximum absolute atomic E-state index is 11.3. The van der Waals surface area contributed by atoms with Gasteiger partial charge in [-0.1, -0.05) is 13.3 Å². The largest absolute Gasteiger partial charge is 0.382 e. The fourth-order valence-corrected chi connectivity index (χ4v) is 3.65. The molecule has 0 atom stereocenters. The predicted octanol–water partition coefficient (Wildman–Crippen LogP) is 3.75. The zero-order valence-electron chi connectivity index (χ0n) is 13.1. The number of benzene rings is 1. The third-order valence-corrected chi connectivity index (χ3v) is 4.91. The second-order valence-electron chi connectivity index (χ2n) is 6.17. The molecule has 1 aromatic rings. The van der Waals surface area contributed by atoms with Gasteiger partial charge in [0.15, 0.2) is 0 Å². The first-order chi connectivity index (χ1) is 9.87. The van der Waals surface area contributed by atoms with E-state index in [1.165, 1.54) is 38.4 Å². The topological polar surface area (TPSA) is 58.2 Å². The van der Waals surface area contributed by atoms with Gasteiger partial charge in [0.05, 0.1) is 11.9 Å². The van der Waals surface area contributed by atoms with Crippen molar-refractivity contribution in [2.75, 3.05) is 16.3 Å². The molecule has 0 saturated heterocycles. The zero-order valence-corrected chi connectivity index (χ0v) is 14.0. The number of nitrogens with one attached hydrogen (secondary N) is 2. The van der Waals surface area contributed by atoms with Crippen LogP contribution in [0.15, 0.2) is 18.2 Å². The molecule has 1 aromatic carbocycles. The first kappa shape index (κ1) is 16.1. The summed E-state index contributed by atoms with van der Waals surface area (Å²) in [6.45, 7) is 4.20. The molecule has 5 heteroatoms. The van der Waals surface area contributed by atoms with Gasteiger partial charge >= 0.3 is 0 Å². The van der Waals surface area contributed by atoms with Gasteiger partial charge in [0.2, 0.25) is 10.0 Å². The van der Waals surface area contributed by atoms with Crippen LogP contribution in [0.2, 0.25) is 0 Å². The molecule has 0 heterocycles. The van der Waals surface area contributed by atoms with Crippen molar-refractivity contribution >= 4 is 21.4 Å². The van der Waals surface area contributed by atoms with Gasteiger partial charge in [-0.2, -0.15) is 0 Å². The highest BCUT2D eigenvalue weighted by molar-refractivity contribution is 7.92. The molecule has 1 fully saturated rings. The molecule has 1 aliphatic carbocycles. The summed E-state index contributed by atoms with van der Waals surface area (Å²) in [6.07, 6.45) is 7.52. The van der Waals surface area contributed by atoms with E-state index in [4.69, 9.17) is 0 Å². The molecular formula is C16H26N2O2S. The van der Waals surface area contributed by atoms with Crippen LogP contribution in [0.1, 0.15) is 44.6 Å². The third kappa shape index (κ3) is 4.92. The molecule has 118 valence electrons. The van der Waals surface area contributed by atoms with Gasteiger partial charge < -0.3 is 5.32 Å². The third-order valence-electron chi connectivity index (χ3n) is 4.32. The minimum Gasteiger partial charge on any atom is -0.382 e. The normalized spacial score (nSPS) is 22.8. The predicted molar refractivity (Wildman–Crippen MR) is 89.3 cm³/mol. The molecule has 0 spiro atoms. The Labute approximate surface area is 128 Å². The average Bonchev–Trinajstić information content (AvgIpc) is 2.41. The Balaban J connectivity index is 1.97. The van der Waals surface area contributed by atoms with Crippen LogP contribution in [-0.4, -0.2) is 20.7 Å². The SMILES string of the molecule is CCC1CCC(Nc2ccc(NS(C)(=O)=O)c(C)c2)CC1. The molecule has 21 heavy (non-hydrogen) atoms. The fourth-order valence-electron chi connectivity index (χ4n) is 3.02. The number of hydrogen-bond acceptors (Lipinski definition) is 3. The Morgan fingerprint density at radius 2 is 1.86 bits per heavy atom. The van der Waals surface area contributed by atoms with Crippen LogP contribution in [0.5, 0.6) is 0 Å². The number of hydrogen-bond donors (Lipinski definition) is 2. The number of sulfonamides is 1. The summed E-state index contributed by atoms with van der Waals surface area (Å²) in [4.78, 5) is 0. The lowest BCUT2D eigenvalue weighted by molar-refractivity contribution is 0.330. The Morgan fingerprint density at radius 1 is 1.19 bits per heavy atom. The zero-order chi connectivity index (χ0) is 15.5. The van der Waals surface area contributed by atoms with Crippen molar-refractivity contribution in [3.05, 3.63) is 23.8 Å². The van der Waals surface area contributed by atoms with Gasteiger partial charge in [-0.05, 0) is 62.3 Å². The minimum atomic E-state index is -3.22. The number of rotatable bonds is 5. The molecule has 0 unspecified atom stereocenters. The molecule has 2 rings (SSSR count). The molecule has 2 N–H and O–H groups in total. The van der Waals surface area contributed by atoms with Crippen LogP contribution in [0.4, 0.5) is 11.4 Å². The summed E-state index contributed by atoms with van der Waals surface area (Å²) in [5, 5.41) is 3.58. The van der Waals surface area contributed by atoms with E-state index >= 15 is 0 Å². The summed E-state index contributed by atoms with van der Waals surface area (Å²) < 4.78 is 25.1. The van der Waals surface area contributed by atoms with Gasteiger partial charge in [-0.15, -0.1) is 0 Å². The van der Waals surface area contributed by atoms with Crippen molar-refractivity contribution < 1.29 is 8.42 Å². The molecule has 0 aliphatic heterocycles. The maximum Gasteiger partial charge on any atom is 0.229 e. The summed E-state index contributed by atoms with van der Waals surface area (Å²) in [5.74, 6) is 0.895. The van der Waals surface area contributed by atoms with E-state index in [1.54, 1.807) is 0 Å². The molecule has 0 aromatic heterocycles. The van der Waals surface area contributed by atoms with Gasteiger partial charge in [0.1, 0.15) is 0 Å². The minimum absolute atomic E-state index is 0.543. The van der Waals surface area contributed by atoms with E-state index in [2.05, 4.69) is 17.0 Å². The molecule has 0 amide bonds. The lowest BCUT2D eigenvalue weighted by Crippen LogP contribution is -2.25. The highest BCUT2D eigenvalue weighted by atomic mass is 32.2. The van der Waals surface area contributed by atoms with Crippen molar-refractivity contribution in [1.82, 2.24) is 0 Å². The van der Waals surface area contributed by atoms with Crippen LogP contribution in [0.25, 0.3) is 0 Å². The van der Waals surface area contributed by atoms with E-state index < -0.39 is 10.0 Å². The first-order valence-corrected chi connectivity index (χ1v) is 9.61. The smallest absolute Gasteiger partial charge is 0.229 e. The molecule has 4 nitrogen and oxygen atoms in total. The Bertz CT molecular complexity index is 576. The monoisotopic (exact) mass is 310 g/mol. The Morgan fingerprint density at radius 3 is 2.38 bits per heavy atom. The highest BCUT2D eigenvalue weighted by Crippen LogP contribution is 2.29. The van der Waals surface area contributed by atoms with Crippen molar-refractivity contribution in [1.29, 1.82) is 0 Å². The number of aryl methyl sites for hydroxylation is 1. The van der Waals surface area contributed by atoms with Crippen LogP contribution in [0, 0.1) is 12.8 Å². The van der Waals surface area contributed by atoms with Crippen LogP contribution in [-0.2, 0) is 10.0 Å². The van der Waals surface area contributed by atoms with Crippen LogP contribution in [0.3, 0.4) is 0 Å². The summed E-state index contributed by atoms with van der Waals surface area (Å²) in [6, 6.07) is 6.34. The summed E-state index contributed by atoms with van der Waals surface area (Å²) in [5.41, 5.74) is 2.66. The maximum atomic E-state index is 11.3. The molecular weight excluding hydrogens is 284 g/mol. The van der Waals surface area contributed by atoms with E-state index in [9.17, 15) is 8.42 Å². The molecule has 1 saturated carbocycles. The Hall–Kier alpha value is -1.23. The van der Waals surface area contributed by atoms with E-state index in [0.29, 0.717) is 11.7 Å². The van der Waals surface area contributed by atoms with E-state index in [1.807, 2.05) is 25.1 Å². The fraction of sp³-hybridized carbons (Fsp3) is 0.625. The van der Waals surface area contributed by atoms with Gasteiger partial charge in [-0.3, -0.25) is 4.72 Å². The van der Waals surface area contributed by atoms with E-state index in [-0.39, 0.29) is 0 Å². The van der Waals surface area contributed by atoms with Crippen molar-refractivity contribution in [2.45, 2.75) is 52.0 Å². The highest BCUT2D eigenvalue weighted by Gasteiger charge is 2.19. The van der Waals surface area contributed by atoms with Gasteiger partial charge in [0.25, 0.3) is 0 Å². The number of anilines is 2. The standard InChI is InChI=1S/C16H26N2O2S/c1-4-13-5-7-14(8-6-13)17-15-9-10-16(12(2)11-15)18-21(3,19)20/h9-11,13-14,17-18H,4-8H2,1-3H3. The average molecular weight is 310 g/mol. The van der Waals surface area contributed by atoms with Gasteiger partial charge in [-0.25, -0.2) is 8.42 Å². The van der Waals surface area contributed by atoms with Crippen molar-refractivity contribution in [3.63, 3.8) is 0 Å². The van der Waals surface area contributed by atoms with Crippen molar-refractivity contribution in [3.8, 4) is 0 Å². The molecule has 0 bridgehead atoms.